The minimum absolute atomic E-state index is 3.06. The van der Waals surface area contributed by atoms with Gasteiger partial charge in [-0.15, -0.1) is 0 Å². The molecule has 0 saturated heterocycles. The average molecular weight is 406 g/mol. The maximum Gasteiger partial charge on any atom is 0.431 e. The van der Waals surface area contributed by atoms with Gasteiger partial charge in [0.25, 0.3) is 5.67 Å². The Morgan fingerprint density at radius 3 is 1.44 bits per heavy atom. The third kappa shape index (κ3) is 2.32. The van der Waals surface area contributed by atoms with Crippen LogP contribution in [0.4, 0.5) is 61.5 Å². The summed E-state index contributed by atoms with van der Waals surface area (Å²) in [4.78, 5) is 11.0. The average Bonchev–Trinajstić information content (AvgIpc) is 2.52. The molecule has 1 rings (SSSR count). The lowest BCUT2D eigenvalue weighted by Gasteiger charge is -2.44. The first-order valence-electron chi connectivity index (χ1n) is 5.78. The van der Waals surface area contributed by atoms with E-state index in [9.17, 15) is 66.3 Å². The van der Waals surface area contributed by atoms with E-state index in [2.05, 4.69) is 0 Å². The van der Waals surface area contributed by atoms with Crippen LogP contribution >= 0.6 is 0 Å². The number of carbonyl (C=O) groups excluding carboxylic acids is 1. The van der Waals surface area contributed by atoms with Crippen molar-refractivity contribution in [1.29, 1.82) is 0 Å². The van der Waals surface area contributed by atoms with Crippen molar-refractivity contribution in [2.24, 2.45) is 11.3 Å². The molecule has 1 aliphatic rings. The molecule has 0 aromatic heterocycles. The highest BCUT2D eigenvalue weighted by Crippen LogP contribution is 2.74. The van der Waals surface area contributed by atoms with Gasteiger partial charge in [-0.2, -0.15) is 48.3 Å². The SMILES string of the molecule is O=C1C(F)(F)C(C(F)CF)C(C(F)(F)F)(C(F)(F)F)C1(F)C(F)(F)F. The van der Waals surface area contributed by atoms with E-state index in [1.165, 1.54) is 0 Å². The van der Waals surface area contributed by atoms with Gasteiger partial charge in [-0.3, -0.25) is 4.79 Å². The van der Waals surface area contributed by atoms with E-state index in [0.717, 1.165) is 0 Å². The van der Waals surface area contributed by atoms with Crippen molar-refractivity contribution in [3.63, 3.8) is 0 Å². The second kappa shape index (κ2) is 5.34. The lowest BCUT2D eigenvalue weighted by Crippen LogP contribution is -2.70. The fraction of sp³-hybridized carbons (Fsp3) is 0.900. The van der Waals surface area contributed by atoms with Crippen LogP contribution < -0.4 is 0 Å². The highest BCUT2D eigenvalue weighted by atomic mass is 19.4. The molecule has 0 radical (unpaired) electrons. The molecule has 3 unspecified atom stereocenters. The summed E-state index contributed by atoms with van der Waals surface area (Å²) >= 11 is 0. The number of carbonyl (C=O) groups is 1. The van der Waals surface area contributed by atoms with Gasteiger partial charge in [0.2, 0.25) is 11.2 Å². The van der Waals surface area contributed by atoms with Gasteiger partial charge >= 0.3 is 24.5 Å². The summed E-state index contributed by atoms with van der Waals surface area (Å²) in [5.41, 5.74) is -14.5. The first kappa shape index (κ1) is 21.7. The van der Waals surface area contributed by atoms with Crippen molar-refractivity contribution in [1.82, 2.24) is 0 Å². The number of hydrogen-bond donors (Lipinski definition) is 0. The van der Waals surface area contributed by atoms with Crippen LogP contribution in [0, 0.1) is 11.3 Å². The molecule has 0 aromatic rings. The fourth-order valence-electron chi connectivity index (χ4n) is 2.88. The molecular formula is C10H4F14O. The van der Waals surface area contributed by atoms with E-state index in [1.54, 1.807) is 0 Å². The lowest BCUT2D eigenvalue weighted by atomic mass is 9.66. The van der Waals surface area contributed by atoms with Crippen molar-refractivity contribution >= 4 is 5.78 Å². The van der Waals surface area contributed by atoms with Crippen LogP contribution in [0.1, 0.15) is 0 Å². The fourth-order valence-corrected chi connectivity index (χ4v) is 2.88. The zero-order valence-electron chi connectivity index (χ0n) is 11.1. The monoisotopic (exact) mass is 406 g/mol. The molecule has 0 aliphatic heterocycles. The van der Waals surface area contributed by atoms with E-state index in [-0.39, 0.29) is 0 Å². The third-order valence-corrected chi connectivity index (χ3v) is 3.81. The Kier molecular flexibility index (Phi) is 4.65. The van der Waals surface area contributed by atoms with Crippen LogP contribution in [0.3, 0.4) is 0 Å². The van der Waals surface area contributed by atoms with Crippen LogP contribution in [0.15, 0.2) is 0 Å². The highest BCUT2D eigenvalue weighted by Gasteiger charge is 3.00. The molecule has 15 heteroatoms. The van der Waals surface area contributed by atoms with E-state index >= 15 is 0 Å². The molecule has 1 nitrogen and oxygen atoms in total. The van der Waals surface area contributed by atoms with Crippen molar-refractivity contribution in [3.05, 3.63) is 0 Å². The van der Waals surface area contributed by atoms with Gasteiger partial charge < -0.3 is 0 Å². The number of rotatable bonds is 2. The predicted molar refractivity (Wildman–Crippen MR) is 48.8 cm³/mol. The largest absolute Gasteiger partial charge is 0.431 e. The van der Waals surface area contributed by atoms with E-state index in [1.807, 2.05) is 0 Å². The smallest absolute Gasteiger partial charge is 0.289 e. The Hall–Kier alpha value is -1.31. The van der Waals surface area contributed by atoms with E-state index in [4.69, 9.17) is 0 Å². The third-order valence-electron chi connectivity index (χ3n) is 3.81. The Morgan fingerprint density at radius 2 is 1.20 bits per heavy atom. The maximum atomic E-state index is 14.1. The van der Waals surface area contributed by atoms with Crippen LogP contribution in [-0.4, -0.2) is 48.7 Å². The summed E-state index contributed by atoms with van der Waals surface area (Å²) in [5.74, 6) is -16.3. The van der Waals surface area contributed by atoms with Crippen molar-refractivity contribution in [2.75, 3.05) is 6.67 Å². The van der Waals surface area contributed by atoms with Gasteiger partial charge in [-0.25, -0.2) is 13.2 Å². The van der Waals surface area contributed by atoms with Crippen LogP contribution in [0.5, 0.6) is 0 Å². The quantitative estimate of drug-likeness (QED) is 0.617. The molecule has 3 atom stereocenters. The van der Waals surface area contributed by atoms with Gasteiger partial charge in [0.15, 0.2) is 0 Å². The van der Waals surface area contributed by atoms with Crippen molar-refractivity contribution in [2.45, 2.75) is 36.3 Å². The molecule has 0 amide bonds. The van der Waals surface area contributed by atoms with Gasteiger partial charge in [-0.1, -0.05) is 0 Å². The van der Waals surface area contributed by atoms with Crippen LogP contribution in [0.25, 0.3) is 0 Å². The van der Waals surface area contributed by atoms with Crippen molar-refractivity contribution < 1.29 is 66.3 Å². The van der Waals surface area contributed by atoms with Gasteiger partial charge in [-0.05, 0) is 0 Å². The molecular weight excluding hydrogens is 402 g/mol. The Balaban J connectivity index is 4.19. The molecule has 0 bridgehead atoms. The van der Waals surface area contributed by atoms with Crippen LogP contribution in [-0.2, 0) is 4.79 Å². The second-order valence-corrected chi connectivity index (χ2v) is 5.06. The van der Waals surface area contributed by atoms with Gasteiger partial charge in [0, 0.05) is 0 Å². The number of alkyl halides is 14. The lowest BCUT2D eigenvalue weighted by molar-refractivity contribution is -0.420. The highest BCUT2D eigenvalue weighted by molar-refractivity contribution is 5.99. The molecule has 0 spiro atoms. The van der Waals surface area contributed by atoms with Crippen molar-refractivity contribution in [3.8, 4) is 0 Å². The maximum absolute atomic E-state index is 14.1. The summed E-state index contributed by atoms with van der Waals surface area (Å²) < 4.78 is 182. The van der Waals surface area contributed by atoms with Gasteiger partial charge in [0.1, 0.15) is 12.8 Å². The normalized spacial score (nSPS) is 31.3. The molecule has 148 valence electrons. The summed E-state index contributed by atoms with van der Waals surface area (Å²) in [5, 5.41) is 0. The second-order valence-electron chi connectivity index (χ2n) is 5.06. The molecule has 1 aliphatic carbocycles. The summed E-state index contributed by atoms with van der Waals surface area (Å²) in [6.45, 7) is -3.06. The Labute approximate surface area is 127 Å². The zero-order chi connectivity index (χ0) is 20.4. The zero-order valence-corrected chi connectivity index (χ0v) is 11.1. The van der Waals surface area contributed by atoms with E-state index < -0.39 is 60.1 Å². The van der Waals surface area contributed by atoms with Crippen LogP contribution in [0.2, 0.25) is 0 Å². The Morgan fingerprint density at radius 1 is 0.840 bits per heavy atom. The van der Waals surface area contributed by atoms with E-state index in [0.29, 0.717) is 0 Å². The predicted octanol–water partition coefficient (Wildman–Crippen LogP) is 4.51. The summed E-state index contributed by atoms with van der Waals surface area (Å²) in [6.07, 6.45) is -27.2. The molecule has 1 saturated carbocycles. The number of ketones is 1. The number of Topliss-reactive ketones (excluding diaryl/α,β-unsaturated/α-hetero) is 1. The van der Waals surface area contributed by atoms with Gasteiger partial charge in [0.05, 0.1) is 5.92 Å². The molecule has 0 heterocycles. The molecule has 0 aromatic carbocycles. The molecule has 0 N–H and O–H groups in total. The topological polar surface area (TPSA) is 17.1 Å². The Bertz CT molecular complexity index is 527. The first-order chi connectivity index (χ1) is 10.8. The molecule has 1 fully saturated rings. The number of halogens is 14. The molecule has 25 heavy (non-hydrogen) atoms. The minimum atomic E-state index is -7.59. The minimum Gasteiger partial charge on any atom is -0.289 e. The summed E-state index contributed by atoms with van der Waals surface area (Å²) in [7, 11) is 0. The first-order valence-corrected chi connectivity index (χ1v) is 5.78. The standard InChI is InChI=1S/C10H4F14O/c11-1-2(12)3-5(13,14)4(25)7(15,10(22,23)24)6(3,8(16,17)18)9(19,20)21/h2-3H,1H2. The summed E-state index contributed by atoms with van der Waals surface area (Å²) in [6, 6.07) is 0. The number of hydrogen-bond acceptors (Lipinski definition) is 1.